The fourth-order valence-corrected chi connectivity index (χ4v) is 12.2. The summed E-state index contributed by atoms with van der Waals surface area (Å²) in [6, 6.07) is 0. The van der Waals surface area contributed by atoms with Gasteiger partial charge in [0, 0.05) is 16.8 Å². The van der Waals surface area contributed by atoms with Crippen LogP contribution in [0.5, 0.6) is 0 Å². The van der Waals surface area contributed by atoms with Crippen LogP contribution in [0, 0.1) is 53.3 Å². The topological polar surface area (TPSA) is 134 Å². The predicted octanol–water partition coefficient (Wildman–Crippen LogP) is 1.91. The van der Waals surface area contributed by atoms with E-state index in [2.05, 4.69) is 42.5 Å². The molecule has 4 aliphatic carbocycles. The van der Waals surface area contributed by atoms with Gasteiger partial charge in [0.15, 0.2) is 0 Å². The molecule has 17 unspecified atom stereocenters. The van der Waals surface area contributed by atoms with Crippen molar-refractivity contribution in [1.82, 2.24) is 42.5 Å². The van der Waals surface area contributed by atoms with Gasteiger partial charge in [0.1, 0.15) is 0 Å². The average Bonchev–Trinajstić information content (AvgIpc) is 3.76. The summed E-state index contributed by atoms with van der Waals surface area (Å²) in [6.07, 6.45) is 20.7. The molecular formula is C33H56CoN8O2. The van der Waals surface area contributed by atoms with Crippen molar-refractivity contribution in [3.63, 3.8) is 0 Å². The Morgan fingerprint density at radius 3 is 0.909 bits per heavy atom. The van der Waals surface area contributed by atoms with Crippen LogP contribution in [-0.4, -0.2) is 60.4 Å². The number of carboxylic acid groups (broad SMARTS) is 1. The number of nitrogens with one attached hydrogen (secondary N) is 8. The zero-order valence-corrected chi connectivity index (χ0v) is 27.2. The average molecular weight is 656 g/mol. The minimum atomic E-state index is -0.609. The van der Waals surface area contributed by atoms with Gasteiger partial charge in [0.25, 0.3) is 0 Å². The Labute approximate surface area is 273 Å². The summed E-state index contributed by atoms with van der Waals surface area (Å²) in [5, 5.41) is 43.1. The van der Waals surface area contributed by atoms with Crippen molar-refractivity contribution in [2.75, 3.05) is 0 Å². The van der Waals surface area contributed by atoms with E-state index in [1.807, 2.05) is 0 Å². The van der Waals surface area contributed by atoms with Crippen molar-refractivity contribution >= 4 is 5.97 Å². The molecule has 249 valence electrons. The van der Waals surface area contributed by atoms with Crippen LogP contribution in [0.3, 0.4) is 0 Å². The molecule has 9 fully saturated rings. The third-order valence-corrected chi connectivity index (χ3v) is 14.2. The number of carboxylic acids is 1. The predicted molar refractivity (Wildman–Crippen MR) is 164 cm³/mol. The van der Waals surface area contributed by atoms with Crippen molar-refractivity contribution in [3.05, 3.63) is 0 Å². The maximum absolute atomic E-state index is 12.2. The van der Waals surface area contributed by atoms with Gasteiger partial charge in [0.2, 0.25) is 0 Å². The number of aliphatic carboxylic acids is 1. The molecule has 44 heavy (non-hydrogen) atoms. The molecule has 0 aromatic carbocycles. The Morgan fingerprint density at radius 1 is 0.386 bits per heavy atom. The monoisotopic (exact) mass is 655 g/mol. The summed E-state index contributed by atoms with van der Waals surface area (Å²) >= 11 is 0. The number of carbonyl (C=O) groups is 1. The SMILES string of the molecule is O=C(O)C1CCC2C3NC4NC(NC5NC(NC6NC(NC(N3)C2C1)C1CCCCC61)C1CCCCC51)C1CCCCC41.[Co]. The van der Waals surface area contributed by atoms with E-state index >= 15 is 0 Å². The van der Waals surface area contributed by atoms with Crippen molar-refractivity contribution in [1.29, 1.82) is 0 Å². The fourth-order valence-electron chi connectivity index (χ4n) is 12.2. The van der Waals surface area contributed by atoms with E-state index in [9.17, 15) is 9.90 Å². The van der Waals surface area contributed by atoms with Crippen LogP contribution in [0.1, 0.15) is 96.3 Å². The molecule has 5 aliphatic heterocycles. The molecule has 5 saturated heterocycles. The molecule has 4 saturated carbocycles. The molecular weight excluding hydrogens is 599 g/mol. The summed E-state index contributed by atoms with van der Waals surface area (Å²) < 4.78 is 0. The molecule has 0 amide bonds. The summed E-state index contributed by atoms with van der Waals surface area (Å²) in [7, 11) is 0. The Kier molecular flexibility index (Phi) is 8.86. The van der Waals surface area contributed by atoms with Gasteiger partial charge in [-0.05, 0) is 105 Å². The van der Waals surface area contributed by atoms with Gasteiger partial charge in [-0.3, -0.25) is 47.3 Å². The van der Waals surface area contributed by atoms with Gasteiger partial charge < -0.3 is 5.11 Å². The second kappa shape index (κ2) is 12.6. The summed E-state index contributed by atoms with van der Waals surface area (Å²) in [4.78, 5) is 12.2. The van der Waals surface area contributed by atoms with E-state index in [1.54, 1.807) is 0 Å². The maximum Gasteiger partial charge on any atom is 0.306 e. The molecule has 8 bridgehead atoms. The maximum atomic E-state index is 12.2. The van der Waals surface area contributed by atoms with Crippen molar-refractivity contribution in [2.24, 2.45) is 53.3 Å². The van der Waals surface area contributed by atoms with E-state index in [0.29, 0.717) is 78.2 Å². The second-order valence-electron chi connectivity index (χ2n) is 16.2. The number of hydrogen-bond acceptors (Lipinski definition) is 9. The smallest absolute Gasteiger partial charge is 0.306 e. The van der Waals surface area contributed by atoms with Gasteiger partial charge in [-0.1, -0.05) is 38.5 Å². The zero-order chi connectivity index (χ0) is 28.7. The first kappa shape index (κ1) is 31.0. The molecule has 10 nitrogen and oxygen atoms in total. The largest absolute Gasteiger partial charge is 0.481 e. The molecule has 5 heterocycles. The normalized spacial score (nSPS) is 54.8. The molecule has 11 heteroatoms. The standard InChI is InChI=1S/C33H56N8O2.Co/c42-33(43)16-13-14-23-24(15-16)32-40-30-22-12-6-5-11-21(22)28(38-30)36-26-18-8-2-1-7-17(18)25(34-26)35-27-19-9-3-4-10-20(19)29(37-27)39-31(23)41-32;/h16-32,34-41H,1-15H2,(H,42,43);. The number of fused-ring (bicyclic) bond motifs is 20. The van der Waals surface area contributed by atoms with Crippen molar-refractivity contribution < 1.29 is 26.7 Å². The molecule has 0 aromatic rings. The first-order valence-corrected chi connectivity index (χ1v) is 18.4. The molecule has 9 rings (SSSR count). The van der Waals surface area contributed by atoms with E-state index < -0.39 is 5.97 Å². The molecule has 9 aliphatic rings. The second-order valence-corrected chi connectivity index (χ2v) is 16.2. The van der Waals surface area contributed by atoms with Crippen molar-refractivity contribution in [2.45, 2.75) is 146 Å². The van der Waals surface area contributed by atoms with Gasteiger partial charge in [-0.2, -0.15) is 0 Å². The Balaban J connectivity index is 0.00000289. The van der Waals surface area contributed by atoms with E-state index in [1.165, 1.54) is 77.0 Å². The van der Waals surface area contributed by atoms with Crippen molar-refractivity contribution in [3.8, 4) is 0 Å². The number of hydrogen-bond donors (Lipinski definition) is 9. The van der Waals surface area contributed by atoms with Crippen LogP contribution >= 0.6 is 0 Å². The fraction of sp³-hybridized carbons (Fsp3) is 0.970. The van der Waals surface area contributed by atoms with Gasteiger partial charge in [-0.25, -0.2) is 0 Å². The van der Waals surface area contributed by atoms with E-state index in [4.69, 9.17) is 0 Å². The van der Waals surface area contributed by atoms with Crippen LogP contribution in [0.25, 0.3) is 0 Å². The quantitative estimate of drug-likeness (QED) is 0.207. The number of rotatable bonds is 1. The minimum absolute atomic E-state index is 0. The molecule has 0 aromatic heterocycles. The van der Waals surface area contributed by atoms with E-state index in [0.717, 1.165) is 19.3 Å². The summed E-state index contributed by atoms with van der Waals surface area (Å²) in [5.41, 5.74) is 0. The Bertz CT molecular complexity index is 1050. The third-order valence-electron chi connectivity index (χ3n) is 14.2. The summed E-state index contributed by atoms with van der Waals surface area (Å²) in [5.74, 6) is 3.89. The minimum Gasteiger partial charge on any atom is -0.481 e. The Hall–Kier alpha value is -0.344. The van der Waals surface area contributed by atoms with Crippen LogP contribution in [0.4, 0.5) is 0 Å². The zero-order valence-electron chi connectivity index (χ0n) is 26.1. The third kappa shape index (κ3) is 5.33. The molecule has 17 atom stereocenters. The molecule has 1 radical (unpaired) electrons. The van der Waals surface area contributed by atoms with Crippen LogP contribution < -0.4 is 42.5 Å². The van der Waals surface area contributed by atoms with Gasteiger partial charge in [-0.15, -0.1) is 0 Å². The first-order chi connectivity index (χ1) is 21.1. The van der Waals surface area contributed by atoms with Crippen LogP contribution in [-0.2, 0) is 21.6 Å². The van der Waals surface area contributed by atoms with Crippen LogP contribution in [0.2, 0.25) is 0 Å². The molecule has 9 N–H and O–H groups in total. The van der Waals surface area contributed by atoms with Gasteiger partial charge >= 0.3 is 5.97 Å². The molecule has 0 spiro atoms. The Morgan fingerprint density at radius 2 is 0.636 bits per heavy atom. The van der Waals surface area contributed by atoms with Crippen LogP contribution in [0.15, 0.2) is 0 Å². The van der Waals surface area contributed by atoms with Gasteiger partial charge in [0.05, 0.1) is 55.2 Å². The van der Waals surface area contributed by atoms with E-state index in [-0.39, 0.29) is 41.2 Å². The first-order valence-electron chi connectivity index (χ1n) is 18.4. The summed E-state index contributed by atoms with van der Waals surface area (Å²) in [6.45, 7) is 0.